The first-order valence-corrected chi connectivity index (χ1v) is 14.6. The normalized spacial score (nSPS) is 17.1. The number of aliphatic hydroxyl groups excluding tert-OH is 1. The molecule has 228 valence electrons. The van der Waals surface area contributed by atoms with Crippen LogP contribution >= 0.6 is 0 Å². The minimum Gasteiger partial charge on any atom is -0.395 e. The molecule has 3 aromatic rings. The molecule has 0 aromatic heterocycles. The summed E-state index contributed by atoms with van der Waals surface area (Å²) in [5.74, 6) is -1.96. The van der Waals surface area contributed by atoms with E-state index in [-0.39, 0.29) is 43.5 Å². The van der Waals surface area contributed by atoms with Crippen molar-refractivity contribution in [3.63, 3.8) is 0 Å². The van der Waals surface area contributed by atoms with Crippen LogP contribution < -0.4 is 16.0 Å². The van der Waals surface area contributed by atoms with Crippen LogP contribution in [0.4, 0.5) is 19.3 Å². The number of amides is 4. The highest BCUT2D eigenvalue weighted by Gasteiger charge is 2.35. The van der Waals surface area contributed by atoms with Gasteiger partial charge in [0.15, 0.2) is 6.04 Å². The zero-order valence-electron chi connectivity index (χ0n) is 24.3. The minimum atomic E-state index is -0.957. The molecule has 0 heterocycles. The summed E-state index contributed by atoms with van der Waals surface area (Å²) in [5, 5.41) is 12.3. The molecule has 0 bridgehead atoms. The Morgan fingerprint density at radius 2 is 1.53 bits per heavy atom. The van der Waals surface area contributed by atoms with Crippen molar-refractivity contribution in [3.8, 4) is 0 Å². The SMILES string of the molecule is CCN(CCO)C(=O)N(Cc1ccc([C@@H]2CCCC[C@H]2C(=O)N[C@H](C([NH3+])=O)c2ccc(F)cc2)cc1)c1ccc(F)cc1. The van der Waals surface area contributed by atoms with Gasteiger partial charge >= 0.3 is 11.9 Å². The zero-order valence-corrected chi connectivity index (χ0v) is 24.3. The number of carbonyl (C=O) groups excluding carboxylic acids is 3. The van der Waals surface area contributed by atoms with Crippen LogP contribution in [0, 0.1) is 17.6 Å². The monoisotopic (exact) mass is 593 g/mol. The topological polar surface area (TPSA) is 118 Å². The van der Waals surface area contributed by atoms with Crippen molar-refractivity contribution >= 4 is 23.5 Å². The third-order valence-electron chi connectivity index (χ3n) is 8.05. The first kappa shape index (κ1) is 31.8. The maximum Gasteiger partial charge on any atom is 0.335 e. The highest BCUT2D eigenvalue weighted by atomic mass is 19.1. The Morgan fingerprint density at radius 1 is 0.930 bits per heavy atom. The third-order valence-corrected chi connectivity index (χ3v) is 8.05. The van der Waals surface area contributed by atoms with E-state index in [1.54, 1.807) is 17.0 Å². The van der Waals surface area contributed by atoms with Crippen LogP contribution in [0.15, 0.2) is 72.8 Å². The van der Waals surface area contributed by atoms with Gasteiger partial charge in [-0.05, 0) is 78.8 Å². The van der Waals surface area contributed by atoms with E-state index >= 15 is 0 Å². The number of benzene rings is 3. The second kappa shape index (κ2) is 14.8. The molecule has 10 heteroatoms. The van der Waals surface area contributed by atoms with Gasteiger partial charge in [-0.15, -0.1) is 0 Å². The lowest BCUT2D eigenvalue weighted by atomic mass is 9.74. The van der Waals surface area contributed by atoms with Gasteiger partial charge in [-0.1, -0.05) is 49.2 Å². The molecule has 1 aliphatic rings. The van der Waals surface area contributed by atoms with E-state index < -0.39 is 23.6 Å². The van der Waals surface area contributed by atoms with E-state index in [1.807, 2.05) is 31.2 Å². The van der Waals surface area contributed by atoms with Gasteiger partial charge < -0.3 is 15.3 Å². The van der Waals surface area contributed by atoms with Gasteiger partial charge in [0.2, 0.25) is 5.91 Å². The van der Waals surface area contributed by atoms with Crippen molar-refractivity contribution < 1.29 is 34.0 Å². The first-order valence-electron chi connectivity index (χ1n) is 14.6. The van der Waals surface area contributed by atoms with Crippen molar-refractivity contribution in [2.45, 2.75) is 51.1 Å². The third kappa shape index (κ3) is 8.03. The molecule has 1 saturated carbocycles. The first-order chi connectivity index (χ1) is 20.7. The summed E-state index contributed by atoms with van der Waals surface area (Å²) in [7, 11) is 0. The average Bonchev–Trinajstić information content (AvgIpc) is 3.02. The van der Waals surface area contributed by atoms with Crippen LogP contribution in [0.3, 0.4) is 0 Å². The number of hydrogen-bond acceptors (Lipinski definition) is 4. The van der Waals surface area contributed by atoms with Gasteiger partial charge in [0, 0.05) is 24.7 Å². The standard InChI is InChI=1S/C33H38F2N4O4/c1-2-38(19-20-40)33(43)39(27-17-15-26(35)16-18-27)21-22-7-9-23(10-8-22)28-5-3-4-6-29(28)32(42)37-30(31(36)41)24-11-13-25(34)14-12-24/h7-18,28-30,40H,2-6,19-21H2,1H3,(H2,36,41)(H,37,42)/p+1/t28-,29+,30-/m0/s1. The second-order valence-electron chi connectivity index (χ2n) is 10.8. The van der Waals surface area contributed by atoms with Crippen LogP contribution in [0.1, 0.15) is 61.3 Å². The van der Waals surface area contributed by atoms with E-state index in [2.05, 4.69) is 11.1 Å². The molecule has 43 heavy (non-hydrogen) atoms. The molecule has 0 unspecified atom stereocenters. The number of aliphatic hydroxyl groups is 1. The van der Waals surface area contributed by atoms with E-state index in [0.29, 0.717) is 24.2 Å². The summed E-state index contributed by atoms with van der Waals surface area (Å²) in [6.07, 6.45) is 3.34. The number of nitrogens with one attached hydrogen (secondary N) is 1. The lowest BCUT2D eigenvalue weighted by Crippen LogP contribution is -2.62. The lowest BCUT2D eigenvalue weighted by Gasteiger charge is -2.32. The molecule has 0 spiro atoms. The maximum absolute atomic E-state index is 13.6. The van der Waals surface area contributed by atoms with E-state index in [1.165, 1.54) is 41.3 Å². The predicted molar refractivity (Wildman–Crippen MR) is 159 cm³/mol. The Labute approximate surface area is 250 Å². The maximum atomic E-state index is 13.6. The van der Waals surface area contributed by atoms with Gasteiger partial charge in [0.25, 0.3) is 0 Å². The molecule has 5 N–H and O–H groups in total. The molecule has 1 aliphatic carbocycles. The quantitative estimate of drug-likeness (QED) is 0.307. The van der Waals surface area contributed by atoms with Crippen molar-refractivity contribution in [2.75, 3.05) is 24.6 Å². The summed E-state index contributed by atoms with van der Waals surface area (Å²) in [6.45, 7) is 2.47. The largest absolute Gasteiger partial charge is 0.395 e. The fourth-order valence-electron chi connectivity index (χ4n) is 5.72. The van der Waals surface area contributed by atoms with E-state index in [0.717, 1.165) is 30.4 Å². The van der Waals surface area contributed by atoms with Crippen LogP contribution in [-0.4, -0.2) is 47.5 Å². The summed E-state index contributed by atoms with van der Waals surface area (Å²) >= 11 is 0. The van der Waals surface area contributed by atoms with Crippen LogP contribution in [-0.2, 0) is 16.1 Å². The Kier molecular flexibility index (Phi) is 11.0. The van der Waals surface area contributed by atoms with Crippen molar-refractivity contribution in [1.29, 1.82) is 0 Å². The number of likely N-dealkylation sites (N-methyl/N-ethyl adjacent to an activating group) is 1. The number of nitrogens with zero attached hydrogens (tertiary/aromatic N) is 2. The Bertz CT molecular complexity index is 1380. The molecule has 0 aliphatic heterocycles. The lowest BCUT2D eigenvalue weighted by molar-refractivity contribution is -0.308. The molecular formula is C33H39F2N4O4+. The van der Waals surface area contributed by atoms with Crippen molar-refractivity contribution in [3.05, 3.63) is 101 Å². The molecule has 8 nitrogen and oxygen atoms in total. The molecule has 1 fully saturated rings. The molecule has 0 radical (unpaired) electrons. The van der Waals surface area contributed by atoms with Gasteiger partial charge in [0.05, 0.1) is 13.2 Å². The van der Waals surface area contributed by atoms with Gasteiger partial charge in [-0.25, -0.2) is 18.4 Å². The smallest absolute Gasteiger partial charge is 0.335 e. The zero-order chi connectivity index (χ0) is 30.9. The summed E-state index contributed by atoms with van der Waals surface area (Å²) in [6, 6.07) is 17.7. The summed E-state index contributed by atoms with van der Waals surface area (Å²) in [5.41, 5.74) is 6.34. The fourth-order valence-corrected chi connectivity index (χ4v) is 5.72. The molecule has 0 saturated heterocycles. The van der Waals surface area contributed by atoms with E-state index in [4.69, 9.17) is 0 Å². The molecule has 4 amide bonds. The second-order valence-corrected chi connectivity index (χ2v) is 10.8. The Balaban J connectivity index is 1.52. The number of anilines is 1. The predicted octanol–water partition coefficient (Wildman–Crippen LogP) is 4.31. The number of urea groups is 1. The van der Waals surface area contributed by atoms with E-state index in [9.17, 15) is 28.3 Å². The minimum absolute atomic E-state index is 0.0634. The summed E-state index contributed by atoms with van der Waals surface area (Å²) < 4.78 is 27.1. The van der Waals surface area contributed by atoms with Crippen LogP contribution in [0.2, 0.25) is 0 Å². The molecular weight excluding hydrogens is 554 g/mol. The van der Waals surface area contributed by atoms with Gasteiger partial charge in [-0.3, -0.25) is 15.4 Å². The average molecular weight is 594 g/mol. The Morgan fingerprint density at radius 3 is 2.12 bits per heavy atom. The fraction of sp³-hybridized carbons (Fsp3) is 0.364. The number of carbonyl (C=O) groups is 3. The van der Waals surface area contributed by atoms with Gasteiger partial charge in [0.1, 0.15) is 11.6 Å². The van der Waals surface area contributed by atoms with Crippen molar-refractivity contribution in [1.82, 2.24) is 10.2 Å². The Hall–Kier alpha value is -4.15. The number of quaternary nitrogens is 1. The summed E-state index contributed by atoms with van der Waals surface area (Å²) in [4.78, 5) is 42.3. The molecule has 3 atom stereocenters. The van der Waals surface area contributed by atoms with Crippen LogP contribution in [0.25, 0.3) is 0 Å². The van der Waals surface area contributed by atoms with Gasteiger partial charge in [-0.2, -0.15) is 0 Å². The highest BCUT2D eigenvalue weighted by molar-refractivity contribution is 5.92. The molecule has 3 aromatic carbocycles. The molecule has 4 rings (SSSR count). The number of halogens is 2. The highest BCUT2D eigenvalue weighted by Crippen LogP contribution is 2.38. The number of rotatable bonds is 11. The van der Waals surface area contributed by atoms with Crippen LogP contribution in [0.5, 0.6) is 0 Å². The van der Waals surface area contributed by atoms with Crippen molar-refractivity contribution in [2.24, 2.45) is 5.92 Å². The number of hydrogen-bond donors (Lipinski definition) is 3.